The summed E-state index contributed by atoms with van der Waals surface area (Å²) in [5, 5.41) is 24.0. The SMILES string of the molecule is N#Cc1ccsc1NC(=O)CSc1nnc(-c2cccs2)o1. The van der Waals surface area contributed by atoms with E-state index in [1.807, 2.05) is 23.6 Å². The van der Waals surface area contributed by atoms with Crippen LogP contribution >= 0.6 is 34.4 Å². The maximum Gasteiger partial charge on any atom is 0.277 e. The van der Waals surface area contributed by atoms with Crippen molar-refractivity contribution >= 4 is 45.3 Å². The highest BCUT2D eigenvalue weighted by atomic mass is 32.2. The van der Waals surface area contributed by atoms with E-state index in [9.17, 15) is 4.79 Å². The molecule has 1 N–H and O–H groups in total. The van der Waals surface area contributed by atoms with Gasteiger partial charge >= 0.3 is 0 Å². The molecule has 0 fully saturated rings. The van der Waals surface area contributed by atoms with Crippen LogP contribution in [0.3, 0.4) is 0 Å². The molecule has 0 saturated heterocycles. The van der Waals surface area contributed by atoms with Crippen molar-refractivity contribution in [2.75, 3.05) is 11.1 Å². The van der Waals surface area contributed by atoms with E-state index in [0.717, 1.165) is 16.6 Å². The zero-order valence-electron chi connectivity index (χ0n) is 11.0. The third kappa shape index (κ3) is 3.36. The summed E-state index contributed by atoms with van der Waals surface area (Å²) < 4.78 is 5.48. The molecule has 9 heteroatoms. The summed E-state index contributed by atoms with van der Waals surface area (Å²) in [5.74, 6) is 0.359. The summed E-state index contributed by atoms with van der Waals surface area (Å²) in [4.78, 5) is 12.8. The highest BCUT2D eigenvalue weighted by Gasteiger charge is 2.13. The number of amides is 1. The van der Waals surface area contributed by atoms with Gasteiger partial charge in [-0.1, -0.05) is 17.8 Å². The number of rotatable bonds is 5. The molecule has 0 bridgehead atoms. The van der Waals surface area contributed by atoms with Gasteiger partial charge in [0.05, 0.1) is 16.2 Å². The second-order valence-electron chi connectivity index (χ2n) is 3.96. The molecular formula is C13H8N4O2S3. The van der Waals surface area contributed by atoms with Gasteiger partial charge in [0.1, 0.15) is 11.1 Å². The zero-order valence-corrected chi connectivity index (χ0v) is 13.4. The van der Waals surface area contributed by atoms with Gasteiger partial charge in [0.25, 0.3) is 11.1 Å². The van der Waals surface area contributed by atoms with E-state index in [0.29, 0.717) is 21.7 Å². The van der Waals surface area contributed by atoms with E-state index in [1.54, 1.807) is 11.4 Å². The molecule has 0 aliphatic carbocycles. The summed E-state index contributed by atoms with van der Waals surface area (Å²) in [7, 11) is 0. The Kier molecular flexibility index (Phi) is 4.53. The second kappa shape index (κ2) is 6.74. The van der Waals surface area contributed by atoms with Crippen molar-refractivity contribution in [2.45, 2.75) is 5.22 Å². The fourth-order valence-electron chi connectivity index (χ4n) is 1.55. The predicted molar refractivity (Wildman–Crippen MR) is 86.0 cm³/mol. The van der Waals surface area contributed by atoms with Gasteiger partial charge in [-0.05, 0) is 22.9 Å². The number of nitriles is 1. The van der Waals surface area contributed by atoms with Crippen LogP contribution in [0.4, 0.5) is 5.00 Å². The highest BCUT2D eigenvalue weighted by molar-refractivity contribution is 7.99. The average molecular weight is 348 g/mol. The smallest absolute Gasteiger partial charge is 0.277 e. The first kappa shape index (κ1) is 14.8. The topological polar surface area (TPSA) is 91.8 Å². The maximum absolute atomic E-state index is 11.9. The molecular weight excluding hydrogens is 340 g/mol. The van der Waals surface area contributed by atoms with E-state index in [2.05, 4.69) is 15.5 Å². The predicted octanol–water partition coefficient (Wildman–Crippen LogP) is 3.46. The molecule has 0 aliphatic heterocycles. The van der Waals surface area contributed by atoms with Gasteiger partial charge in [0.2, 0.25) is 5.91 Å². The number of thiophene rings is 2. The number of carbonyl (C=O) groups is 1. The Morgan fingerprint density at radius 3 is 3.05 bits per heavy atom. The van der Waals surface area contributed by atoms with Crippen LogP contribution in [0.5, 0.6) is 0 Å². The lowest BCUT2D eigenvalue weighted by molar-refractivity contribution is -0.113. The molecule has 0 saturated carbocycles. The van der Waals surface area contributed by atoms with Gasteiger partial charge in [-0.15, -0.1) is 32.9 Å². The number of thioether (sulfide) groups is 1. The van der Waals surface area contributed by atoms with E-state index in [4.69, 9.17) is 9.68 Å². The van der Waals surface area contributed by atoms with E-state index in [-0.39, 0.29) is 11.7 Å². The number of nitrogens with zero attached hydrogens (tertiary/aromatic N) is 3. The number of hydrogen-bond donors (Lipinski definition) is 1. The third-order valence-electron chi connectivity index (χ3n) is 2.50. The molecule has 3 aromatic heterocycles. The number of hydrogen-bond acceptors (Lipinski definition) is 8. The Morgan fingerprint density at radius 2 is 2.27 bits per heavy atom. The summed E-state index contributed by atoms with van der Waals surface area (Å²) >= 11 is 3.98. The molecule has 22 heavy (non-hydrogen) atoms. The molecule has 0 aliphatic rings. The first-order chi connectivity index (χ1) is 10.8. The maximum atomic E-state index is 11.9. The Morgan fingerprint density at radius 1 is 1.36 bits per heavy atom. The Bertz CT molecular complexity index is 817. The zero-order chi connectivity index (χ0) is 15.4. The van der Waals surface area contributed by atoms with Crippen LogP contribution in [0.25, 0.3) is 10.8 Å². The summed E-state index contributed by atoms with van der Waals surface area (Å²) in [5.41, 5.74) is 0.459. The summed E-state index contributed by atoms with van der Waals surface area (Å²) in [6.07, 6.45) is 0. The quantitative estimate of drug-likeness (QED) is 0.710. The fourth-order valence-corrected chi connectivity index (χ4v) is 3.51. The molecule has 1 amide bonds. The number of nitrogens with one attached hydrogen (secondary N) is 1. The van der Waals surface area contributed by atoms with E-state index < -0.39 is 0 Å². The van der Waals surface area contributed by atoms with Crippen LogP contribution < -0.4 is 5.32 Å². The standard InChI is InChI=1S/C13H8N4O2S3/c14-6-8-3-5-21-12(8)15-10(18)7-22-13-17-16-11(19-13)9-2-1-4-20-9/h1-5H,7H2,(H,15,18). The molecule has 0 aromatic carbocycles. The fraction of sp³-hybridized carbons (Fsp3) is 0.0769. The first-order valence-corrected chi connectivity index (χ1v) is 8.78. The van der Waals surface area contributed by atoms with Crippen molar-refractivity contribution in [3.05, 3.63) is 34.5 Å². The minimum Gasteiger partial charge on any atom is -0.410 e. The number of aromatic nitrogens is 2. The molecule has 0 radical (unpaired) electrons. The Balaban J connectivity index is 1.56. The molecule has 0 spiro atoms. The van der Waals surface area contributed by atoms with Crippen molar-refractivity contribution in [3.8, 4) is 16.8 Å². The monoisotopic (exact) mass is 348 g/mol. The Labute approximate surface area is 137 Å². The normalized spacial score (nSPS) is 10.3. The number of anilines is 1. The van der Waals surface area contributed by atoms with Crippen LogP contribution in [0.1, 0.15) is 5.56 Å². The minimum atomic E-state index is -0.222. The lowest BCUT2D eigenvalue weighted by Gasteiger charge is -2.00. The van der Waals surface area contributed by atoms with Crippen LogP contribution in [0.15, 0.2) is 38.6 Å². The van der Waals surface area contributed by atoms with Gasteiger partial charge in [-0.3, -0.25) is 4.79 Å². The molecule has 0 unspecified atom stereocenters. The third-order valence-corrected chi connectivity index (χ3v) is 5.01. The first-order valence-electron chi connectivity index (χ1n) is 6.04. The summed E-state index contributed by atoms with van der Waals surface area (Å²) in [6, 6.07) is 7.48. The minimum absolute atomic E-state index is 0.134. The van der Waals surface area contributed by atoms with E-state index in [1.165, 1.54) is 22.7 Å². The van der Waals surface area contributed by atoms with Crippen molar-refractivity contribution in [2.24, 2.45) is 0 Å². The van der Waals surface area contributed by atoms with E-state index >= 15 is 0 Å². The van der Waals surface area contributed by atoms with Crippen molar-refractivity contribution < 1.29 is 9.21 Å². The lowest BCUT2D eigenvalue weighted by Crippen LogP contribution is -2.13. The number of carbonyl (C=O) groups excluding carboxylic acids is 1. The molecule has 3 rings (SSSR count). The van der Waals surface area contributed by atoms with Gasteiger partial charge < -0.3 is 9.73 Å². The molecule has 6 nitrogen and oxygen atoms in total. The Hall–Kier alpha value is -2.15. The van der Waals surface area contributed by atoms with Gasteiger partial charge in [0.15, 0.2) is 0 Å². The highest BCUT2D eigenvalue weighted by Crippen LogP contribution is 2.27. The van der Waals surface area contributed by atoms with Crippen LogP contribution in [-0.2, 0) is 4.79 Å². The van der Waals surface area contributed by atoms with Gasteiger partial charge in [-0.2, -0.15) is 5.26 Å². The van der Waals surface area contributed by atoms with Crippen molar-refractivity contribution in [1.29, 1.82) is 5.26 Å². The van der Waals surface area contributed by atoms with Gasteiger partial charge in [-0.25, -0.2) is 0 Å². The van der Waals surface area contributed by atoms with Gasteiger partial charge in [0, 0.05) is 0 Å². The summed E-state index contributed by atoms with van der Waals surface area (Å²) in [6.45, 7) is 0. The average Bonchev–Trinajstić information content (AvgIpc) is 3.25. The molecule has 110 valence electrons. The molecule has 3 heterocycles. The van der Waals surface area contributed by atoms with Crippen molar-refractivity contribution in [3.63, 3.8) is 0 Å². The second-order valence-corrected chi connectivity index (χ2v) is 6.75. The van der Waals surface area contributed by atoms with Crippen LogP contribution in [0.2, 0.25) is 0 Å². The lowest BCUT2D eigenvalue weighted by atomic mass is 10.3. The molecule has 0 atom stereocenters. The van der Waals surface area contributed by atoms with Crippen LogP contribution in [0, 0.1) is 11.3 Å². The molecule has 3 aromatic rings. The van der Waals surface area contributed by atoms with Crippen molar-refractivity contribution in [1.82, 2.24) is 10.2 Å². The van der Waals surface area contributed by atoms with Crippen LogP contribution in [-0.4, -0.2) is 21.9 Å². The largest absolute Gasteiger partial charge is 0.410 e.